The van der Waals surface area contributed by atoms with Crippen LogP contribution in [0.1, 0.15) is 27.9 Å². The van der Waals surface area contributed by atoms with E-state index in [0.717, 1.165) is 35.1 Å². The highest BCUT2D eigenvalue weighted by Crippen LogP contribution is 2.36. The number of carbonyl (C=O) groups is 1. The molecule has 1 N–H and O–H groups in total. The van der Waals surface area contributed by atoms with Crippen LogP contribution in [0.15, 0.2) is 46.4 Å². The number of halogens is 1. The van der Waals surface area contributed by atoms with Gasteiger partial charge in [-0.15, -0.1) is 0 Å². The maximum Gasteiger partial charge on any atom is 0.189 e. The molecule has 0 fully saturated rings. The minimum Gasteiger partial charge on any atom is -0.503 e. The number of ketones is 1. The predicted octanol–water partition coefficient (Wildman–Crippen LogP) is 4.38. The number of Topliss-reactive ketones (excluding diaryl/α,β-unsaturated/α-hetero) is 1. The summed E-state index contributed by atoms with van der Waals surface area (Å²) < 4.78 is 5.69. The smallest absolute Gasteiger partial charge is 0.189 e. The molecule has 0 amide bonds. The molecule has 22 heavy (non-hydrogen) atoms. The highest BCUT2D eigenvalue weighted by molar-refractivity contribution is 9.10. The second kappa shape index (κ2) is 5.97. The van der Waals surface area contributed by atoms with Crippen LogP contribution in [0.5, 0.6) is 11.5 Å². The number of carbonyl (C=O) groups excluding carboxylic acids is 1. The fourth-order valence-corrected chi connectivity index (χ4v) is 3.15. The summed E-state index contributed by atoms with van der Waals surface area (Å²) in [6.07, 6.45) is 3.45. The van der Waals surface area contributed by atoms with Crippen LogP contribution in [0.25, 0.3) is 6.08 Å². The van der Waals surface area contributed by atoms with Crippen LogP contribution in [0.4, 0.5) is 0 Å². The zero-order chi connectivity index (χ0) is 15.7. The summed E-state index contributed by atoms with van der Waals surface area (Å²) in [5.41, 5.74) is 3.49. The normalized spacial score (nSPS) is 15.7. The van der Waals surface area contributed by atoms with Gasteiger partial charge in [-0.25, -0.2) is 0 Å². The Morgan fingerprint density at radius 3 is 2.77 bits per heavy atom. The van der Waals surface area contributed by atoms with Gasteiger partial charge in [-0.1, -0.05) is 24.3 Å². The van der Waals surface area contributed by atoms with Gasteiger partial charge in [0, 0.05) is 11.1 Å². The molecule has 1 aliphatic rings. The summed E-state index contributed by atoms with van der Waals surface area (Å²) in [6.45, 7) is 0. The molecule has 0 saturated heterocycles. The molecule has 3 rings (SSSR count). The van der Waals surface area contributed by atoms with Crippen LogP contribution in [0.3, 0.4) is 0 Å². The van der Waals surface area contributed by atoms with E-state index in [1.807, 2.05) is 30.3 Å². The molecule has 3 nitrogen and oxygen atoms in total. The number of allylic oxidation sites excluding steroid dienone is 1. The first-order valence-corrected chi connectivity index (χ1v) is 7.79. The minimum atomic E-state index is 0.0602. The van der Waals surface area contributed by atoms with Gasteiger partial charge in [0.15, 0.2) is 17.3 Å². The van der Waals surface area contributed by atoms with E-state index in [9.17, 15) is 9.90 Å². The second-order valence-corrected chi connectivity index (χ2v) is 6.06. The number of ether oxygens (including phenoxy) is 1. The quantitative estimate of drug-likeness (QED) is 0.810. The van der Waals surface area contributed by atoms with Crippen LogP contribution in [-0.2, 0) is 6.42 Å². The van der Waals surface area contributed by atoms with Crippen LogP contribution in [0.2, 0.25) is 0 Å². The second-order valence-electron chi connectivity index (χ2n) is 5.21. The van der Waals surface area contributed by atoms with Crippen molar-refractivity contribution in [2.75, 3.05) is 7.11 Å². The monoisotopic (exact) mass is 358 g/mol. The van der Waals surface area contributed by atoms with Gasteiger partial charge in [0.1, 0.15) is 0 Å². The van der Waals surface area contributed by atoms with Crippen molar-refractivity contribution in [1.82, 2.24) is 0 Å². The fourth-order valence-electron chi connectivity index (χ4n) is 2.69. The summed E-state index contributed by atoms with van der Waals surface area (Å²) in [5.74, 6) is 0.514. The Morgan fingerprint density at radius 2 is 2.00 bits per heavy atom. The Kier molecular flexibility index (Phi) is 4.03. The van der Waals surface area contributed by atoms with Gasteiger partial charge >= 0.3 is 0 Å². The molecule has 0 unspecified atom stereocenters. The molecular formula is C18H15BrO3. The molecule has 0 bridgehead atoms. The van der Waals surface area contributed by atoms with Crippen molar-refractivity contribution >= 4 is 27.8 Å². The number of aromatic hydroxyl groups is 1. The standard InChI is InChI=1S/C18H15BrO3/c1-22-16-10-11(9-15(19)18(16)21)8-13-7-6-12-4-2-3-5-14(12)17(13)20/h2-5,8-10,21H,6-7H2,1H3/b13-8-. The third-order valence-corrected chi connectivity index (χ3v) is 4.43. The molecule has 2 aromatic carbocycles. The molecule has 0 spiro atoms. The van der Waals surface area contributed by atoms with Gasteiger partial charge in [-0.2, -0.15) is 0 Å². The lowest BCUT2D eigenvalue weighted by Gasteiger charge is -2.17. The summed E-state index contributed by atoms with van der Waals surface area (Å²) in [4.78, 5) is 12.6. The molecule has 2 aromatic rings. The van der Waals surface area contributed by atoms with E-state index in [0.29, 0.717) is 10.2 Å². The summed E-state index contributed by atoms with van der Waals surface area (Å²) >= 11 is 3.30. The van der Waals surface area contributed by atoms with E-state index in [-0.39, 0.29) is 11.5 Å². The number of phenolic OH excluding ortho intramolecular Hbond substituents is 1. The van der Waals surface area contributed by atoms with Crippen molar-refractivity contribution in [2.45, 2.75) is 12.8 Å². The van der Waals surface area contributed by atoms with Crippen LogP contribution >= 0.6 is 15.9 Å². The number of hydrogen-bond acceptors (Lipinski definition) is 3. The van der Waals surface area contributed by atoms with Crippen molar-refractivity contribution < 1.29 is 14.6 Å². The first-order chi connectivity index (χ1) is 10.6. The lowest BCUT2D eigenvalue weighted by atomic mass is 9.86. The van der Waals surface area contributed by atoms with E-state index in [1.54, 1.807) is 12.1 Å². The summed E-state index contributed by atoms with van der Waals surface area (Å²) in [7, 11) is 1.50. The number of phenols is 1. The van der Waals surface area contributed by atoms with Gasteiger partial charge < -0.3 is 9.84 Å². The number of rotatable bonds is 2. The van der Waals surface area contributed by atoms with E-state index < -0.39 is 0 Å². The zero-order valence-electron chi connectivity index (χ0n) is 12.1. The molecule has 112 valence electrons. The number of benzene rings is 2. The first kappa shape index (κ1) is 14.9. The molecule has 1 aliphatic carbocycles. The van der Waals surface area contributed by atoms with Crippen molar-refractivity contribution in [2.24, 2.45) is 0 Å². The Hall–Kier alpha value is -2.07. The number of aryl methyl sites for hydroxylation is 1. The SMILES string of the molecule is COc1cc(/C=C2/CCc3ccccc3C2=O)cc(Br)c1O. The third kappa shape index (κ3) is 2.66. The lowest BCUT2D eigenvalue weighted by molar-refractivity contribution is 0.102. The topological polar surface area (TPSA) is 46.5 Å². The van der Waals surface area contributed by atoms with Crippen molar-refractivity contribution in [1.29, 1.82) is 0 Å². The Bertz CT molecular complexity index is 778. The first-order valence-electron chi connectivity index (χ1n) is 7.00. The number of methoxy groups -OCH3 is 1. The largest absolute Gasteiger partial charge is 0.503 e. The van der Waals surface area contributed by atoms with Gasteiger partial charge in [0.2, 0.25) is 0 Å². The molecule has 0 radical (unpaired) electrons. The van der Waals surface area contributed by atoms with Crippen molar-refractivity contribution in [3.05, 3.63) is 63.1 Å². The molecule has 4 heteroatoms. The van der Waals surface area contributed by atoms with Crippen LogP contribution < -0.4 is 4.74 Å². The molecule has 0 atom stereocenters. The Balaban J connectivity index is 2.00. The van der Waals surface area contributed by atoms with Crippen molar-refractivity contribution in [3.63, 3.8) is 0 Å². The third-order valence-electron chi connectivity index (χ3n) is 3.83. The number of hydrogen-bond donors (Lipinski definition) is 1. The van der Waals surface area contributed by atoms with E-state index in [2.05, 4.69) is 15.9 Å². The maximum atomic E-state index is 12.6. The van der Waals surface area contributed by atoms with Gasteiger partial charge in [-0.3, -0.25) is 4.79 Å². The average Bonchev–Trinajstić information content (AvgIpc) is 2.53. The van der Waals surface area contributed by atoms with E-state index in [1.165, 1.54) is 7.11 Å². The molecule has 0 heterocycles. The number of fused-ring (bicyclic) bond motifs is 1. The summed E-state index contributed by atoms with van der Waals surface area (Å²) in [6, 6.07) is 11.2. The Labute approximate surface area is 137 Å². The highest BCUT2D eigenvalue weighted by atomic mass is 79.9. The minimum absolute atomic E-state index is 0.0602. The van der Waals surface area contributed by atoms with Crippen molar-refractivity contribution in [3.8, 4) is 11.5 Å². The predicted molar refractivity (Wildman–Crippen MR) is 89.4 cm³/mol. The highest BCUT2D eigenvalue weighted by Gasteiger charge is 2.21. The maximum absolute atomic E-state index is 12.6. The van der Waals surface area contributed by atoms with Crippen LogP contribution in [-0.4, -0.2) is 18.0 Å². The van der Waals surface area contributed by atoms with E-state index in [4.69, 9.17) is 4.74 Å². The zero-order valence-corrected chi connectivity index (χ0v) is 13.7. The Morgan fingerprint density at radius 1 is 1.23 bits per heavy atom. The molecule has 0 aliphatic heterocycles. The van der Waals surface area contributed by atoms with Gasteiger partial charge in [0.25, 0.3) is 0 Å². The van der Waals surface area contributed by atoms with Crippen LogP contribution in [0, 0.1) is 0 Å². The van der Waals surface area contributed by atoms with Gasteiger partial charge in [0.05, 0.1) is 11.6 Å². The molecule has 0 saturated carbocycles. The average molecular weight is 359 g/mol. The van der Waals surface area contributed by atoms with E-state index >= 15 is 0 Å². The fraction of sp³-hybridized carbons (Fsp3) is 0.167. The lowest BCUT2D eigenvalue weighted by Crippen LogP contribution is -2.13. The molecule has 0 aromatic heterocycles. The van der Waals surface area contributed by atoms with Gasteiger partial charge in [-0.05, 0) is 58.1 Å². The molecular weight excluding hydrogens is 344 g/mol. The summed E-state index contributed by atoms with van der Waals surface area (Å²) in [5, 5.41) is 9.85.